The summed E-state index contributed by atoms with van der Waals surface area (Å²) in [4.78, 5) is 11.8. The molecule has 1 unspecified atom stereocenters. The normalized spacial score (nSPS) is 23.4. The molecule has 1 aliphatic rings. The zero-order valence-electron chi connectivity index (χ0n) is 10.4. The van der Waals surface area contributed by atoms with Crippen molar-refractivity contribution in [2.24, 2.45) is 0 Å². The first-order valence-electron chi connectivity index (χ1n) is 6.04. The number of hydrogen-bond acceptors (Lipinski definition) is 2. The molecule has 0 aromatic heterocycles. The van der Waals surface area contributed by atoms with Gasteiger partial charge in [-0.2, -0.15) is 0 Å². The number of carbonyl (C=O) groups is 1. The molecule has 1 saturated heterocycles. The van der Waals surface area contributed by atoms with Crippen molar-refractivity contribution >= 4 is 23.6 Å². The van der Waals surface area contributed by atoms with Gasteiger partial charge in [-0.3, -0.25) is 4.79 Å². The van der Waals surface area contributed by atoms with Crippen LogP contribution in [0.25, 0.3) is 6.08 Å². The fourth-order valence-corrected chi connectivity index (χ4v) is 2.13. The van der Waals surface area contributed by atoms with E-state index < -0.39 is 0 Å². The van der Waals surface area contributed by atoms with Crippen LogP contribution in [-0.4, -0.2) is 24.5 Å². The maximum atomic E-state index is 11.8. The average molecular weight is 265 g/mol. The van der Waals surface area contributed by atoms with Crippen molar-refractivity contribution in [3.05, 3.63) is 40.9 Å². The molecule has 0 saturated carbocycles. The van der Waals surface area contributed by atoms with Crippen LogP contribution in [0.5, 0.6) is 0 Å². The van der Waals surface area contributed by atoms with Crippen LogP contribution < -0.4 is 10.6 Å². The van der Waals surface area contributed by atoms with Crippen LogP contribution in [0.1, 0.15) is 18.9 Å². The minimum absolute atomic E-state index is 0.0591. The third kappa shape index (κ3) is 3.59. The molecule has 1 aromatic rings. The van der Waals surface area contributed by atoms with Gasteiger partial charge in [0.2, 0.25) is 5.91 Å². The molecule has 1 heterocycles. The molecule has 2 N–H and O–H groups in total. The van der Waals surface area contributed by atoms with Gasteiger partial charge in [-0.25, -0.2) is 0 Å². The van der Waals surface area contributed by atoms with E-state index in [4.69, 9.17) is 11.6 Å². The van der Waals surface area contributed by atoms with Gasteiger partial charge in [-0.05, 0) is 43.7 Å². The Kier molecular flexibility index (Phi) is 4.04. The van der Waals surface area contributed by atoms with Gasteiger partial charge >= 0.3 is 0 Å². The quantitative estimate of drug-likeness (QED) is 0.822. The molecule has 4 heteroatoms. The molecule has 0 bridgehead atoms. The highest BCUT2D eigenvalue weighted by Crippen LogP contribution is 2.13. The Labute approximate surface area is 112 Å². The van der Waals surface area contributed by atoms with Gasteiger partial charge in [0.1, 0.15) is 0 Å². The second kappa shape index (κ2) is 5.55. The maximum absolute atomic E-state index is 11.8. The van der Waals surface area contributed by atoms with Crippen LogP contribution in [0.15, 0.2) is 30.3 Å². The first-order chi connectivity index (χ1) is 8.57. The lowest BCUT2D eigenvalue weighted by atomic mass is 10.0. The summed E-state index contributed by atoms with van der Waals surface area (Å²) in [6.07, 6.45) is 4.32. The molecule has 1 fully saturated rings. The summed E-state index contributed by atoms with van der Waals surface area (Å²) in [5.41, 5.74) is 0.839. The molecule has 1 atom stereocenters. The monoisotopic (exact) mass is 264 g/mol. The van der Waals surface area contributed by atoms with Crippen LogP contribution in [0.2, 0.25) is 5.02 Å². The number of rotatable bonds is 3. The lowest BCUT2D eigenvalue weighted by Crippen LogP contribution is -2.46. The molecule has 0 radical (unpaired) electrons. The molecule has 1 aromatic carbocycles. The fourth-order valence-electron chi connectivity index (χ4n) is 2.01. The van der Waals surface area contributed by atoms with Crippen molar-refractivity contribution in [1.29, 1.82) is 0 Å². The van der Waals surface area contributed by atoms with Crippen molar-refractivity contribution in [3.63, 3.8) is 0 Å². The number of amides is 1. The smallest absolute Gasteiger partial charge is 0.244 e. The molecule has 18 heavy (non-hydrogen) atoms. The second-order valence-electron chi connectivity index (χ2n) is 4.86. The molecule has 3 nitrogen and oxygen atoms in total. The highest BCUT2D eigenvalue weighted by atomic mass is 35.5. The molecular formula is C14H17ClN2O. The number of hydrogen-bond donors (Lipinski definition) is 2. The van der Waals surface area contributed by atoms with Crippen molar-refractivity contribution in [2.45, 2.75) is 18.9 Å². The van der Waals surface area contributed by atoms with Crippen molar-refractivity contribution in [2.75, 3.05) is 13.1 Å². The van der Waals surface area contributed by atoms with Crippen LogP contribution in [0.3, 0.4) is 0 Å². The predicted octanol–water partition coefficient (Wildman–Crippen LogP) is 2.22. The largest absolute Gasteiger partial charge is 0.346 e. The Morgan fingerprint density at radius 3 is 2.78 bits per heavy atom. The summed E-state index contributed by atoms with van der Waals surface area (Å²) < 4.78 is 0. The standard InChI is InChI=1S/C14H17ClN2O/c1-14(8-9-16-10-14)17-13(18)7-4-11-2-5-12(15)6-3-11/h2-7,16H,8-10H2,1H3,(H,17,18)/b7-4+. The summed E-state index contributed by atoms with van der Waals surface area (Å²) in [5.74, 6) is -0.0591. The number of benzene rings is 1. The van der Waals surface area contributed by atoms with Gasteiger partial charge in [-0.15, -0.1) is 0 Å². The third-order valence-electron chi connectivity index (χ3n) is 3.09. The Bertz CT molecular complexity index is 447. The van der Waals surface area contributed by atoms with E-state index in [1.807, 2.05) is 12.1 Å². The summed E-state index contributed by atoms with van der Waals surface area (Å²) in [7, 11) is 0. The average Bonchev–Trinajstić information content (AvgIpc) is 2.75. The van der Waals surface area contributed by atoms with Crippen molar-refractivity contribution in [3.8, 4) is 0 Å². The zero-order valence-corrected chi connectivity index (χ0v) is 11.1. The Morgan fingerprint density at radius 1 is 1.44 bits per heavy atom. The lowest BCUT2D eigenvalue weighted by molar-refractivity contribution is -0.117. The molecule has 0 aliphatic carbocycles. The van der Waals surface area contributed by atoms with E-state index in [-0.39, 0.29) is 11.4 Å². The van der Waals surface area contributed by atoms with Gasteiger partial charge in [0.25, 0.3) is 0 Å². The summed E-state index contributed by atoms with van der Waals surface area (Å²) >= 11 is 5.80. The first-order valence-corrected chi connectivity index (χ1v) is 6.42. The van der Waals surface area contributed by atoms with E-state index in [9.17, 15) is 4.79 Å². The third-order valence-corrected chi connectivity index (χ3v) is 3.34. The minimum atomic E-state index is -0.124. The van der Waals surface area contributed by atoms with E-state index >= 15 is 0 Å². The van der Waals surface area contributed by atoms with E-state index in [0.717, 1.165) is 25.1 Å². The van der Waals surface area contributed by atoms with Crippen LogP contribution >= 0.6 is 11.6 Å². The van der Waals surface area contributed by atoms with Gasteiger partial charge in [0.05, 0.1) is 5.54 Å². The summed E-state index contributed by atoms with van der Waals surface area (Å²) in [6.45, 7) is 3.84. The van der Waals surface area contributed by atoms with Crippen LogP contribution in [0, 0.1) is 0 Å². The molecular weight excluding hydrogens is 248 g/mol. The minimum Gasteiger partial charge on any atom is -0.346 e. The Balaban J connectivity index is 1.92. The van der Waals surface area contributed by atoms with E-state index in [1.54, 1.807) is 24.3 Å². The Morgan fingerprint density at radius 2 is 2.17 bits per heavy atom. The molecule has 1 aliphatic heterocycles. The molecule has 96 valence electrons. The van der Waals surface area contributed by atoms with Crippen LogP contribution in [-0.2, 0) is 4.79 Å². The first kappa shape index (κ1) is 13.1. The maximum Gasteiger partial charge on any atom is 0.244 e. The molecule has 2 rings (SSSR count). The van der Waals surface area contributed by atoms with E-state index in [1.165, 1.54) is 0 Å². The fraction of sp³-hybridized carbons (Fsp3) is 0.357. The lowest BCUT2D eigenvalue weighted by Gasteiger charge is -2.23. The summed E-state index contributed by atoms with van der Waals surface area (Å²) in [5, 5.41) is 6.96. The van der Waals surface area contributed by atoms with Crippen molar-refractivity contribution in [1.82, 2.24) is 10.6 Å². The highest BCUT2D eigenvalue weighted by molar-refractivity contribution is 6.30. The summed E-state index contributed by atoms with van der Waals surface area (Å²) in [6, 6.07) is 7.37. The van der Waals surface area contributed by atoms with Gasteiger partial charge in [0.15, 0.2) is 0 Å². The number of carbonyl (C=O) groups excluding carboxylic acids is 1. The zero-order chi connectivity index (χ0) is 13.0. The molecule has 0 spiro atoms. The number of nitrogens with one attached hydrogen (secondary N) is 2. The van der Waals surface area contributed by atoms with Gasteiger partial charge < -0.3 is 10.6 Å². The molecule has 1 amide bonds. The second-order valence-corrected chi connectivity index (χ2v) is 5.30. The van der Waals surface area contributed by atoms with Gasteiger partial charge in [-0.1, -0.05) is 23.7 Å². The predicted molar refractivity (Wildman–Crippen MR) is 74.5 cm³/mol. The van der Waals surface area contributed by atoms with E-state index in [2.05, 4.69) is 17.6 Å². The highest BCUT2D eigenvalue weighted by Gasteiger charge is 2.29. The Hall–Kier alpha value is -1.32. The topological polar surface area (TPSA) is 41.1 Å². The SMILES string of the molecule is CC1(NC(=O)/C=C/c2ccc(Cl)cc2)CCNC1. The van der Waals surface area contributed by atoms with Crippen molar-refractivity contribution < 1.29 is 4.79 Å². The van der Waals surface area contributed by atoms with Crippen LogP contribution in [0.4, 0.5) is 0 Å². The number of halogens is 1. The van der Waals surface area contributed by atoms with Gasteiger partial charge in [0, 0.05) is 17.6 Å². The van der Waals surface area contributed by atoms with E-state index in [0.29, 0.717) is 5.02 Å².